The Morgan fingerprint density at radius 3 is 2.85 bits per heavy atom. The molecular weight excluding hydrogens is 268 g/mol. The third kappa shape index (κ3) is 2.30. The number of hydrogen-bond acceptors (Lipinski definition) is 3. The number of rotatable bonds is 3. The predicted molar refractivity (Wildman–Crippen MR) is 83.1 cm³/mol. The van der Waals surface area contributed by atoms with E-state index in [0.717, 1.165) is 26.1 Å². The smallest absolute Gasteiger partial charge is 0.196 e. The number of carbonyl (C=O) groups is 1. The van der Waals surface area contributed by atoms with Crippen LogP contribution in [0, 0.1) is 6.92 Å². The van der Waals surface area contributed by atoms with Crippen molar-refractivity contribution in [3.63, 3.8) is 0 Å². The van der Waals surface area contributed by atoms with Crippen LogP contribution >= 0.6 is 11.3 Å². The van der Waals surface area contributed by atoms with Gasteiger partial charge in [0.2, 0.25) is 0 Å². The number of carbonyl (C=O) groups excluding carboxylic acids is 1. The number of hydrogen-bond donors (Lipinski definition) is 0. The molecule has 3 rings (SSSR count). The summed E-state index contributed by atoms with van der Waals surface area (Å²) >= 11 is 1.55. The zero-order chi connectivity index (χ0) is 14.1. The van der Waals surface area contributed by atoms with Crippen LogP contribution in [0.1, 0.15) is 20.8 Å². The topological polar surface area (TPSA) is 34.9 Å². The second-order valence-corrected chi connectivity index (χ2v) is 5.75. The van der Waals surface area contributed by atoms with E-state index in [1.807, 2.05) is 32.3 Å². The highest BCUT2D eigenvalue weighted by atomic mass is 32.1. The lowest BCUT2D eigenvalue weighted by molar-refractivity contribution is 0.105. The molecule has 0 aliphatic rings. The number of benzene rings is 1. The summed E-state index contributed by atoms with van der Waals surface area (Å²) in [5.41, 5.74) is 1.99. The Hall–Kier alpha value is -2.20. The van der Waals surface area contributed by atoms with Crippen LogP contribution in [0.15, 0.2) is 42.7 Å². The van der Waals surface area contributed by atoms with Crippen molar-refractivity contribution in [2.24, 2.45) is 7.05 Å². The van der Waals surface area contributed by atoms with Crippen LogP contribution < -0.4 is 0 Å². The minimum Gasteiger partial charge on any atom is -0.288 e. The first-order chi connectivity index (χ1) is 9.65. The van der Waals surface area contributed by atoms with E-state index < -0.39 is 0 Å². The number of thiophene rings is 1. The van der Waals surface area contributed by atoms with Gasteiger partial charge in [-0.2, -0.15) is 5.10 Å². The number of ketones is 1. The van der Waals surface area contributed by atoms with E-state index >= 15 is 0 Å². The highest BCUT2D eigenvalue weighted by Gasteiger charge is 2.12. The zero-order valence-electron chi connectivity index (χ0n) is 11.3. The molecular formula is C16H14N2OS. The Kier molecular flexibility index (Phi) is 3.24. The van der Waals surface area contributed by atoms with Crippen molar-refractivity contribution in [1.29, 1.82) is 0 Å². The summed E-state index contributed by atoms with van der Waals surface area (Å²) in [6.45, 7) is 2.00. The standard InChI is InChI=1S/C16H14N2OS/c1-11-13-5-3-4-6-15(13)20-16(11)14(19)8-7-12-9-17-18(2)10-12/h3-10H,1-2H3. The van der Waals surface area contributed by atoms with Gasteiger partial charge in [-0.25, -0.2) is 0 Å². The van der Waals surface area contributed by atoms with Crippen LogP contribution in [0.2, 0.25) is 0 Å². The Morgan fingerprint density at radius 1 is 1.35 bits per heavy atom. The van der Waals surface area contributed by atoms with Gasteiger partial charge < -0.3 is 0 Å². The van der Waals surface area contributed by atoms with Gasteiger partial charge in [0.25, 0.3) is 0 Å². The molecule has 20 heavy (non-hydrogen) atoms. The average molecular weight is 282 g/mol. The Balaban J connectivity index is 1.93. The van der Waals surface area contributed by atoms with Gasteiger partial charge >= 0.3 is 0 Å². The molecule has 0 unspecified atom stereocenters. The second kappa shape index (κ2) is 5.06. The molecule has 100 valence electrons. The van der Waals surface area contributed by atoms with Gasteiger partial charge in [0.1, 0.15) is 0 Å². The first-order valence-electron chi connectivity index (χ1n) is 6.34. The van der Waals surface area contributed by atoms with Crippen molar-refractivity contribution in [2.75, 3.05) is 0 Å². The van der Waals surface area contributed by atoms with E-state index in [-0.39, 0.29) is 5.78 Å². The van der Waals surface area contributed by atoms with Crippen molar-refractivity contribution in [1.82, 2.24) is 9.78 Å². The summed E-state index contributed by atoms with van der Waals surface area (Å²) in [6, 6.07) is 8.11. The summed E-state index contributed by atoms with van der Waals surface area (Å²) in [5, 5.41) is 5.24. The van der Waals surface area contributed by atoms with E-state index in [1.54, 1.807) is 34.4 Å². The number of nitrogens with zero attached hydrogens (tertiary/aromatic N) is 2. The fourth-order valence-corrected chi connectivity index (χ4v) is 3.31. The van der Waals surface area contributed by atoms with Gasteiger partial charge in [0.05, 0.1) is 11.1 Å². The van der Waals surface area contributed by atoms with Gasteiger partial charge in [-0.15, -0.1) is 11.3 Å². The molecule has 0 aliphatic heterocycles. The number of allylic oxidation sites excluding steroid dienone is 1. The van der Waals surface area contributed by atoms with E-state index in [1.165, 1.54) is 0 Å². The van der Waals surface area contributed by atoms with E-state index in [2.05, 4.69) is 17.2 Å². The van der Waals surface area contributed by atoms with Crippen molar-refractivity contribution in [3.8, 4) is 0 Å². The average Bonchev–Trinajstić information content (AvgIpc) is 3.01. The van der Waals surface area contributed by atoms with Gasteiger partial charge in [-0.3, -0.25) is 9.48 Å². The molecule has 3 aromatic rings. The predicted octanol–water partition coefficient (Wildman–Crippen LogP) is 3.84. The van der Waals surface area contributed by atoms with Gasteiger partial charge in [0.15, 0.2) is 5.78 Å². The van der Waals surface area contributed by atoms with Gasteiger partial charge in [0, 0.05) is 23.5 Å². The molecule has 0 saturated heterocycles. The molecule has 3 nitrogen and oxygen atoms in total. The quantitative estimate of drug-likeness (QED) is 0.540. The lowest BCUT2D eigenvalue weighted by atomic mass is 10.1. The van der Waals surface area contributed by atoms with Gasteiger partial charge in [-0.05, 0) is 36.1 Å². The van der Waals surface area contributed by atoms with Crippen LogP contribution in [0.25, 0.3) is 16.2 Å². The third-order valence-electron chi connectivity index (χ3n) is 3.22. The van der Waals surface area contributed by atoms with Crippen LogP contribution in [-0.2, 0) is 7.05 Å². The summed E-state index contributed by atoms with van der Waals surface area (Å²) in [5.74, 6) is 0.0487. The van der Waals surface area contributed by atoms with E-state index in [4.69, 9.17) is 0 Å². The first-order valence-corrected chi connectivity index (χ1v) is 7.16. The van der Waals surface area contributed by atoms with Crippen LogP contribution in [0.3, 0.4) is 0 Å². The van der Waals surface area contributed by atoms with Crippen molar-refractivity contribution in [3.05, 3.63) is 58.7 Å². The van der Waals surface area contributed by atoms with Crippen LogP contribution in [0.4, 0.5) is 0 Å². The fourth-order valence-electron chi connectivity index (χ4n) is 2.18. The third-order valence-corrected chi connectivity index (χ3v) is 4.51. The van der Waals surface area contributed by atoms with E-state index in [0.29, 0.717) is 0 Å². The molecule has 0 aliphatic carbocycles. The van der Waals surface area contributed by atoms with Crippen LogP contribution in [-0.4, -0.2) is 15.6 Å². The SMILES string of the molecule is Cc1c(C(=O)C=Cc2cnn(C)c2)sc2ccccc12. The molecule has 2 aromatic heterocycles. The maximum Gasteiger partial charge on any atom is 0.196 e. The molecule has 4 heteroatoms. The highest BCUT2D eigenvalue weighted by Crippen LogP contribution is 2.31. The summed E-state index contributed by atoms with van der Waals surface area (Å²) in [6.07, 6.45) is 7.04. The largest absolute Gasteiger partial charge is 0.288 e. The monoisotopic (exact) mass is 282 g/mol. The summed E-state index contributed by atoms with van der Waals surface area (Å²) in [4.78, 5) is 13.1. The van der Waals surface area contributed by atoms with Gasteiger partial charge in [-0.1, -0.05) is 18.2 Å². The number of aryl methyl sites for hydroxylation is 2. The minimum atomic E-state index is 0.0487. The fraction of sp³-hybridized carbons (Fsp3) is 0.125. The molecule has 0 amide bonds. The Morgan fingerprint density at radius 2 is 2.15 bits per heavy atom. The lowest BCUT2D eigenvalue weighted by Gasteiger charge is -1.93. The number of aromatic nitrogens is 2. The van der Waals surface area contributed by atoms with Crippen molar-refractivity contribution >= 4 is 33.3 Å². The molecule has 0 radical (unpaired) electrons. The van der Waals surface area contributed by atoms with Crippen molar-refractivity contribution < 1.29 is 4.79 Å². The molecule has 0 N–H and O–H groups in total. The maximum atomic E-state index is 12.3. The molecule has 0 bridgehead atoms. The van der Waals surface area contributed by atoms with Crippen LogP contribution in [0.5, 0.6) is 0 Å². The molecule has 0 atom stereocenters. The van der Waals surface area contributed by atoms with Crippen molar-refractivity contribution in [2.45, 2.75) is 6.92 Å². The summed E-state index contributed by atoms with van der Waals surface area (Å²) in [7, 11) is 1.86. The Labute approximate surface area is 121 Å². The normalized spacial score (nSPS) is 11.5. The zero-order valence-corrected chi connectivity index (χ0v) is 12.1. The second-order valence-electron chi connectivity index (χ2n) is 4.70. The first kappa shape index (κ1) is 12.8. The Bertz CT molecular complexity index is 811. The molecule has 0 saturated carbocycles. The van der Waals surface area contributed by atoms with E-state index in [9.17, 15) is 4.79 Å². The number of fused-ring (bicyclic) bond motifs is 1. The maximum absolute atomic E-state index is 12.3. The minimum absolute atomic E-state index is 0.0487. The summed E-state index contributed by atoms with van der Waals surface area (Å²) < 4.78 is 2.87. The highest BCUT2D eigenvalue weighted by molar-refractivity contribution is 7.21. The molecule has 2 heterocycles. The molecule has 0 fully saturated rings. The molecule has 1 aromatic carbocycles. The molecule has 0 spiro atoms. The lowest BCUT2D eigenvalue weighted by Crippen LogP contribution is -1.92.